The Balaban J connectivity index is 2.19. The third kappa shape index (κ3) is 1.98. The van der Waals surface area contributed by atoms with Crippen LogP contribution in [0.5, 0.6) is 0 Å². The highest BCUT2D eigenvalue weighted by Gasteiger charge is 2.10. The maximum atomic E-state index is 8.87. The van der Waals surface area contributed by atoms with Crippen molar-refractivity contribution in [1.82, 2.24) is 20.2 Å². The predicted octanol–water partition coefficient (Wildman–Crippen LogP) is 1.24. The number of anilines is 1. The molecule has 2 aromatic heterocycles. The molecule has 0 saturated heterocycles. The van der Waals surface area contributed by atoms with Gasteiger partial charge in [0.25, 0.3) is 0 Å². The lowest BCUT2D eigenvalue weighted by atomic mass is 10.2. The Morgan fingerprint density at radius 3 is 3.06 bits per heavy atom. The van der Waals surface area contributed by atoms with E-state index in [1.165, 1.54) is 6.33 Å². The van der Waals surface area contributed by atoms with E-state index in [1.807, 2.05) is 13.0 Å². The number of aromatic nitrogens is 4. The maximum absolute atomic E-state index is 8.87. The van der Waals surface area contributed by atoms with Gasteiger partial charge in [-0.25, -0.2) is 9.97 Å². The van der Waals surface area contributed by atoms with E-state index in [9.17, 15) is 0 Å². The van der Waals surface area contributed by atoms with Gasteiger partial charge in [0.2, 0.25) is 0 Å². The van der Waals surface area contributed by atoms with Crippen molar-refractivity contribution in [3.05, 3.63) is 36.2 Å². The molecule has 0 fully saturated rings. The van der Waals surface area contributed by atoms with Crippen LogP contribution in [0, 0.1) is 11.3 Å². The Kier molecular flexibility index (Phi) is 2.78. The number of aromatic amines is 1. The number of nitriles is 1. The van der Waals surface area contributed by atoms with Crippen molar-refractivity contribution in [1.29, 1.82) is 5.26 Å². The van der Waals surface area contributed by atoms with Crippen molar-refractivity contribution in [2.24, 2.45) is 0 Å². The van der Waals surface area contributed by atoms with Gasteiger partial charge in [0.1, 0.15) is 18.2 Å². The number of pyridine rings is 1. The van der Waals surface area contributed by atoms with E-state index < -0.39 is 0 Å². The van der Waals surface area contributed by atoms with E-state index >= 15 is 0 Å². The number of hydrogen-bond acceptors (Lipinski definition) is 5. The van der Waals surface area contributed by atoms with E-state index in [1.54, 1.807) is 18.3 Å². The fourth-order valence-corrected chi connectivity index (χ4v) is 1.34. The Hall–Kier alpha value is -2.42. The van der Waals surface area contributed by atoms with Crippen molar-refractivity contribution in [3.63, 3.8) is 0 Å². The summed E-state index contributed by atoms with van der Waals surface area (Å²) in [4.78, 5) is 8.00. The van der Waals surface area contributed by atoms with E-state index in [4.69, 9.17) is 5.26 Å². The van der Waals surface area contributed by atoms with Gasteiger partial charge in [-0.1, -0.05) is 0 Å². The van der Waals surface area contributed by atoms with Gasteiger partial charge in [-0.3, -0.25) is 5.10 Å². The van der Waals surface area contributed by atoms with Crippen LogP contribution in [0.15, 0.2) is 24.7 Å². The van der Waals surface area contributed by atoms with Gasteiger partial charge in [0.15, 0.2) is 5.69 Å². The van der Waals surface area contributed by atoms with Crippen molar-refractivity contribution in [3.8, 4) is 6.07 Å². The first-order chi connectivity index (χ1) is 7.81. The Labute approximate surface area is 92.4 Å². The first-order valence-corrected chi connectivity index (χ1v) is 4.78. The largest absolute Gasteiger partial charge is 0.373 e. The van der Waals surface area contributed by atoms with Crippen molar-refractivity contribution in [2.75, 3.05) is 5.32 Å². The van der Waals surface area contributed by atoms with Crippen molar-refractivity contribution < 1.29 is 0 Å². The molecule has 0 amide bonds. The summed E-state index contributed by atoms with van der Waals surface area (Å²) in [5, 5.41) is 18.6. The molecule has 1 atom stereocenters. The fraction of sp³-hybridized carbons (Fsp3) is 0.200. The molecule has 0 aliphatic carbocycles. The van der Waals surface area contributed by atoms with Crippen LogP contribution in [0.3, 0.4) is 0 Å². The lowest BCUT2D eigenvalue weighted by Gasteiger charge is -2.12. The minimum absolute atomic E-state index is 0.0567. The molecule has 6 nitrogen and oxygen atoms in total. The lowest BCUT2D eigenvalue weighted by molar-refractivity contribution is 0.794. The standard InChI is InChI=1S/C10H10N6/c1-7(10-13-6-14-16-10)15-8-3-2-4-12-9(8)5-11/h2-4,6-7,15H,1H3,(H,13,14,16). The molecule has 2 rings (SSSR count). The topological polar surface area (TPSA) is 90.3 Å². The lowest BCUT2D eigenvalue weighted by Crippen LogP contribution is -2.10. The summed E-state index contributed by atoms with van der Waals surface area (Å²) < 4.78 is 0. The van der Waals surface area contributed by atoms with Crippen LogP contribution in [0.2, 0.25) is 0 Å². The quantitative estimate of drug-likeness (QED) is 0.802. The minimum atomic E-state index is -0.0567. The molecule has 1 unspecified atom stereocenters. The number of rotatable bonds is 3. The molecule has 6 heteroatoms. The molecule has 0 aliphatic rings. The summed E-state index contributed by atoms with van der Waals surface area (Å²) >= 11 is 0. The normalized spacial score (nSPS) is 11.8. The number of nitrogens with one attached hydrogen (secondary N) is 2. The highest BCUT2D eigenvalue weighted by molar-refractivity contribution is 5.53. The van der Waals surface area contributed by atoms with Crippen LogP contribution in [0.1, 0.15) is 24.5 Å². The average Bonchev–Trinajstić information content (AvgIpc) is 2.83. The SMILES string of the molecule is CC(Nc1cccnc1C#N)c1ncn[nH]1. The first kappa shape index (κ1) is 10.1. The predicted molar refractivity (Wildman–Crippen MR) is 57.4 cm³/mol. The van der Waals surface area contributed by atoms with Gasteiger partial charge >= 0.3 is 0 Å². The maximum Gasteiger partial charge on any atom is 0.163 e. The van der Waals surface area contributed by atoms with E-state index in [0.29, 0.717) is 17.2 Å². The van der Waals surface area contributed by atoms with Gasteiger partial charge in [0, 0.05) is 6.20 Å². The summed E-state index contributed by atoms with van der Waals surface area (Å²) in [6, 6.07) is 5.55. The van der Waals surface area contributed by atoms with Crippen LogP contribution in [-0.2, 0) is 0 Å². The van der Waals surface area contributed by atoms with Crippen LogP contribution in [0.25, 0.3) is 0 Å². The van der Waals surface area contributed by atoms with Crippen molar-refractivity contribution in [2.45, 2.75) is 13.0 Å². The zero-order valence-corrected chi connectivity index (χ0v) is 8.68. The molecule has 2 heterocycles. The van der Waals surface area contributed by atoms with E-state index in [-0.39, 0.29) is 6.04 Å². The molecule has 2 N–H and O–H groups in total. The summed E-state index contributed by atoms with van der Waals surface area (Å²) in [5.74, 6) is 0.716. The molecular formula is C10H10N6. The molecule has 0 aromatic carbocycles. The minimum Gasteiger partial charge on any atom is -0.373 e. The molecule has 2 aromatic rings. The molecular weight excluding hydrogens is 204 g/mol. The number of H-pyrrole nitrogens is 1. The smallest absolute Gasteiger partial charge is 0.163 e. The van der Waals surface area contributed by atoms with Gasteiger partial charge in [-0.2, -0.15) is 10.4 Å². The molecule has 80 valence electrons. The second-order valence-corrected chi connectivity index (χ2v) is 3.25. The second-order valence-electron chi connectivity index (χ2n) is 3.25. The molecule has 0 radical (unpaired) electrons. The summed E-state index contributed by atoms with van der Waals surface area (Å²) in [5.41, 5.74) is 1.06. The molecule has 16 heavy (non-hydrogen) atoms. The zero-order chi connectivity index (χ0) is 11.4. The molecule has 0 saturated carbocycles. The molecule has 0 bridgehead atoms. The summed E-state index contributed by atoms with van der Waals surface area (Å²) in [6.07, 6.45) is 3.03. The number of hydrogen-bond donors (Lipinski definition) is 2. The van der Waals surface area contributed by atoms with E-state index in [2.05, 4.69) is 25.5 Å². The van der Waals surface area contributed by atoms with Gasteiger partial charge in [-0.15, -0.1) is 0 Å². The third-order valence-corrected chi connectivity index (χ3v) is 2.13. The monoisotopic (exact) mass is 214 g/mol. The third-order valence-electron chi connectivity index (χ3n) is 2.13. The molecule has 0 spiro atoms. The Morgan fingerprint density at radius 1 is 1.50 bits per heavy atom. The average molecular weight is 214 g/mol. The van der Waals surface area contributed by atoms with E-state index in [0.717, 1.165) is 0 Å². The van der Waals surface area contributed by atoms with Gasteiger partial charge in [-0.05, 0) is 19.1 Å². The van der Waals surface area contributed by atoms with Crippen LogP contribution in [0.4, 0.5) is 5.69 Å². The highest BCUT2D eigenvalue weighted by atomic mass is 15.2. The highest BCUT2D eigenvalue weighted by Crippen LogP contribution is 2.17. The van der Waals surface area contributed by atoms with Crippen LogP contribution >= 0.6 is 0 Å². The zero-order valence-electron chi connectivity index (χ0n) is 8.68. The Morgan fingerprint density at radius 2 is 2.38 bits per heavy atom. The van der Waals surface area contributed by atoms with Crippen LogP contribution < -0.4 is 5.32 Å². The molecule has 0 aliphatic heterocycles. The van der Waals surface area contributed by atoms with Crippen LogP contribution in [-0.4, -0.2) is 20.2 Å². The van der Waals surface area contributed by atoms with Crippen molar-refractivity contribution >= 4 is 5.69 Å². The number of nitrogens with zero attached hydrogens (tertiary/aromatic N) is 4. The summed E-state index contributed by atoms with van der Waals surface area (Å²) in [7, 11) is 0. The van der Waals surface area contributed by atoms with Gasteiger partial charge in [0.05, 0.1) is 11.7 Å². The first-order valence-electron chi connectivity index (χ1n) is 4.78. The fourth-order valence-electron chi connectivity index (χ4n) is 1.34. The second kappa shape index (κ2) is 4.40. The van der Waals surface area contributed by atoms with Gasteiger partial charge < -0.3 is 5.32 Å². The Bertz CT molecular complexity index is 498. The summed E-state index contributed by atoms with van der Waals surface area (Å²) in [6.45, 7) is 1.93.